The lowest BCUT2D eigenvalue weighted by Gasteiger charge is -2.10. The van der Waals surface area contributed by atoms with Gasteiger partial charge in [-0.1, -0.05) is 17.7 Å². The number of hydrogen-bond donors (Lipinski definition) is 2. The van der Waals surface area contributed by atoms with Crippen molar-refractivity contribution in [3.63, 3.8) is 0 Å². The van der Waals surface area contributed by atoms with E-state index in [0.29, 0.717) is 5.56 Å². The van der Waals surface area contributed by atoms with Crippen LogP contribution in [0.3, 0.4) is 0 Å². The smallest absolute Gasteiger partial charge is 0.262 e. The minimum atomic E-state index is -3.93. The third kappa shape index (κ3) is 3.06. The van der Waals surface area contributed by atoms with Gasteiger partial charge in [-0.25, -0.2) is 12.8 Å². The number of rotatable bonds is 4. The summed E-state index contributed by atoms with van der Waals surface area (Å²) in [4.78, 5) is 3.47. The molecular weight excluding hydrogens is 305 g/mol. The molecule has 0 spiro atoms. The lowest BCUT2D eigenvalue weighted by Crippen LogP contribution is -2.14. The van der Waals surface area contributed by atoms with Gasteiger partial charge in [-0.15, -0.1) is 0 Å². The summed E-state index contributed by atoms with van der Waals surface area (Å²) in [5.41, 5.74) is 5.89. The predicted molar refractivity (Wildman–Crippen MR) is 74.3 cm³/mol. The maximum atomic E-state index is 13.4. The number of sulfonamides is 1. The second kappa shape index (κ2) is 5.74. The first-order valence-electron chi connectivity index (χ1n) is 5.55. The van der Waals surface area contributed by atoms with Gasteiger partial charge in [0.05, 0.1) is 16.8 Å². The molecular formula is C12H11ClFN3O2S. The van der Waals surface area contributed by atoms with Crippen LogP contribution in [0.15, 0.2) is 41.6 Å². The standard InChI is InChI=1S/C12H11ClFN3O2S/c13-10-5-9(2-1-8(10)6-15)20(18,19)17-12-3-4-16-7-11(12)14/h1-5,7H,6,15H2,(H,16,17). The summed E-state index contributed by atoms with van der Waals surface area (Å²) in [5, 5.41) is 0.241. The van der Waals surface area contributed by atoms with Gasteiger partial charge in [0.15, 0.2) is 5.82 Å². The van der Waals surface area contributed by atoms with Crippen LogP contribution >= 0.6 is 11.6 Å². The monoisotopic (exact) mass is 315 g/mol. The molecule has 1 aromatic heterocycles. The first-order chi connectivity index (χ1) is 9.44. The predicted octanol–water partition coefficient (Wildman–Crippen LogP) is 2.13. The first-order valence-corrected chi connectivity index (χ1v) is 7.41. The first kappa shape index (κ1) is 14.7. The van der Waals surface area contributed by atoms with Crippen molar-refractivity contribution < 1.29 is 12.8 Å². The van der Waals surface area contributed by atoms with E-state index >= 15 is 0 Å². The van der Waals surface area contributed by atoms with Gasteiger partial charge in [-0.3, -0.25) is 9.71 Å². The Bertz CT molecular complexity index is 737. The molecule has 2 rings (SSSR count). The average Bonchev–Trinajstić information content (AvgIpc) is 2.41. The molecule has 0 unspecified atom stereocenters. The highest BCUT2D eigenvalue weighted by Gasteiger charge is 2.17. The second-order valence-corrected chi connectivity index (χ2v) is 6.01. The molecule has 0 radical (unpaired) electrons. The van der Waals surface area contributed by atoms with Crippen molar-refractivity contribution in [1.82, 2.24) is 4.98 Å². The molecule has 1 heterocycles. The fourth-order valence-electron chi connectivity index (χ4n) is 1.52. The second-order valence-electron chi connectivity index (χ2n) is 3.92. The van der Waals surface area contributed by atoms with Crippen molar-refractivity contribution in [2.45, 2.75) is 11.4 Å². The van der Waals surface area contributed by atoms with Crippen LogP contribution in [0, 0.1) is 5.82 Å². The zero-order valence-electron chi connectivity index (χ0n) is 10.2. The van der Waals surface area contributed by atoms with E-state index in [-0.39, 0.29) is 22.2 Å². The quantitative estimate of drug-likeness (QED) is 0.905. The van der Waals surface area contributed by atoms with E-state index < -0.39 is 15.8 Å². The third-order valence-corrected chi connectivity index (χ3v) is 4.29. The summed E-state index contributed by atoms with van der Waals surface area (Å²) in [6.45, 7) is 0.200. The highest BCUT2D eigenvalue weighted by molar-refractivity contribution is 7.92. The van der Waals surface area contributed by atoms with Gasteiger partial charge in [0.1, 0.15) is 0 Å². The zero-order chi connectivity index (χ0) is 14.8. The molecule has 5 nitrogen and oxygen atoms in total. The van der Waals surface area contributed by atoms with Crippen molar-refractivity contribution in [2.75, 3.05) is 4.72 Å². The van der Waals surface area contributed by atoms with Gasteiger partial charge in [0.25, 0.3) is 10.0 Å². The van der Waals surface area contributed by atoms with Crippen LogP contribution in [0.1, 0.15) is 5.56 Å². The van der Waals surface area contributed by atoms with Crippen molar-refractivity contribution in [3.05, 3.63) is 53.1 Å². The number of benzene rings is 1. The highest BCUT2D eigenvalue weighted by atomic mass is 35.5. The van der Waals surface area contributed by atoms with Gasteiger partial charge in [0.2, 0.25) is 0 Å². The van der Waals surface area contributed by atoms with E-state index in [4.69, 9.17) is 17.3 Å². The molecule has 1 aromatic carbocycles. The summed E-state index contributed by atoms with van der Waals surface area (Å²) >= 11 is 5.91. The van der Waals surface area contributed by atoms with Gasteiger partial charge in [-0.2, -0.15) is 0 Å². The fourth-order valence-corrected chi connectivity index (χ4v) is 2.94. The third-order valence-electron chi connectivity index (χ3n) is 2.57. The van der Waals surface area contributed by atoms with Crippen LogP contribution < -0.4 is 10.5 Å². The number of nitrogens with two attached hydrogens (primary N) is 1. The number of pyridine rings is 1. The van der Waals surface area contributed by atoms with Crippen LogP contribution in [0.2, 0.25) is 5.02 Å². The summed E-state index contributed by atoms with van der Waals surface area (Å²) in [5.74, 6) is -0.763. The van der Waals surface area contributed by atoms with Gasteiger partial charge >= 0.3 is 0 Å². The molecule has 0 amide bonds. The maximum absolute atomic E-state index is 13.4. The largest absolute Gasteiger partial charge is 0.326 e. The van der Waals surface area contributed by atoms with E-state index in [1.807, 2.05) is 0 Å². The Balaban J connectivity index is 2.36. The van der Waals surface area contributed by atoms with Crippen molar-refractivity contribution >= 4 is 27.3 Å². The van der Waals surface area contributed by atoms with Gasteiger partial charge in [0, 0.05) is 17.8 Å². The Kier molecular flexibility index (Phi) is 4.22. The molecule has 0 aliphatic carbocycles. The average molecular weight is 316 g/mol. The molecule has 0 saturated heterocycles. The van der Waals surface area contributed by atoms with Gasteiger partial charge in [-0.05, 0) is 23.8 Å². The highest BCUT2D eigenvalue weighted by Crippen LogP contribution is 2.23. The van der Waals surface area contributed by atoms with Crippen LogP contribution in [0.5, 0.6) is 0 Å². The minimum absolute atomic E-state index is 0.0732. The molecule has 0 fully saturated rings. The number of nitrogens with zero attached hydrogens (tertiary/aromatic N) is 1. The Hall–Kier alpha value is -1.70. The molecule has 0 saturated carbocycles. The molecule has 0 bridgehead atoms. The SMILES string of the molecule is NCc1ccc(S(=O)(=O)Nc2ccncc2F)cc1Cl. The van der Waals surface area contributed by atoms with Gasteiger partial charge < -0.3 is 5.73 Å². The normalized spacial score (nSPS) is 11.3. The minimum Gasteiger partial charge on any atom is -0.326 e. The number of anilines is 1. The Morgan fingerprint density at radius 3 is 2.70 bits per heavy atom. The zero-order valence-corrected chi connectivity index (χ0v) is 11.7. The summed E-state index contributed by atoms with van der Waals surface area (Å²) in [6, 6.07) is 5.36. The van der Waals surface area contributed by atoms with E-state index in [9.17, 15) is 12.8 Å². The molecule has 8 heteroatoms. The van der Waals surface area contributed by atoms with Crippen molar-refractivity contribution in [3.8, 4) is 0 Å². The topological polar surface area (TPSA) is 85.1 Å². The van der Waals surface area contributed by atoms with Crippen molar-refractivity contribution in [1.29, 1.82) is 0 Å². The number of aromatic nitrogens is 1. The summed E-state index contributed by atoms with van der Waals surface area (Å²) in [6.07, 6.45) is 2.20. The molecule has 0 atom stereocenters. The molecule has 0 aliphatic rings. The molecule has 20 heavy (non-hydrogen) atoms. The molecule has 106 valence electrons. The Morgan fingerprint density at radius 1 is 1.35 bits per heavy atom. The maximum Gasteiger partial charge on any atom is 0.262 e. The van der Waals surface area contributed by atoms with E-state index in [0.717, 1.165) is 6.20 Å². The van der Waals surface area contributed by atoms with Crippen molar-refractivity contribution in [2.24, 2.45) is 5.73 Å². The van der Waals surface area contributed by atoms with Crippen LogP contribution in [-0.4, -0.2) is 13.4 Å². The Morgan fingerprint density at radius 2 is 2.10 bits per heavy atom. The van der Waals surface area contributed by atoms with Crippen LogP contribution in [-0.2, 0) is 16.6 Å². The van der Waals surface area contributed by atoms with E-state index in [1.54, 1.807) is 0 Å². The molecule has 3 N–H and O–H groups in total. The number of hydrogen-bond acceptors (Lipinski definition) is 4. The van der Waals surface area contributed by atoms with Crippen LogP contribution in [0.25, 0.3) is 0 Å². The lowest BCUT2D eigenvalue weighted by molar-refractivity contribution is 0.598. The number of halogens is 2. The fraction of sp³-hybridized carbons (Fsp3) is 0.0833. The molecule has 0 aliphatic heterocycles. The number of nitrogens with one attached hydrogen (secondary N) is 1. The van der Waals surface area contributed by atoms with Crippen LogP contribution in [0.4, 0.5) is 10.1 Å². The summed E-state index contributed by atoms with van der Waals surface area (Å²) < 4.78 is 39.8. The summed E-state index contributed by atoms with van der Waals surface area (Å²) in [7, 11) is -3.93. The lowest BCUT2D eigenvalue weighted by atomic mass is 10.2. The van der Waals surface area contributed by atoms with E-state index in [1.165, 1.54) is 30.5 Å². The van der Waals surface area contributed by atoms with E-state index in [2.05, 4.69) is 9.71 Å². The Labute approximate surface area is 120 Å². The molecule has 2 aromatic rings.